The van der Waals surface area contributed by atoms with Crippen molar-refractivity contribution in [2.24, 2.45) is 23.3 Å². The van der Waals surface area contributed by atoms with E-state index in [2.05, 4.69) is 25.9 Å². The van der Waals surface area contributed by atoms with Crippen LogP contribution in [0.1, 0.15) is 52.7 Å². The molecule has 1 aromatic rings. The van der Waals surface area contributed by atoms with Crippen molar-refractivity contribution in [1.29, 1.82) is 0 Å². The lowest BCUT2D eigenvalue weighted by molar-refractivity contribution is -0.142. The van der Waals surface area contributed by atoms with Gasteiger partial charge < -0.3 is 37.5 Å². The molecule has 0 aliphatic heterocycles. The van der Waals surface area contributed by atoms with Gasteiger partial charge in [-0.3, -0.25) is 19.2 Å². The summed E-state index contributed by atoms with van der Waals surface area (Å²) < 4.78 is 0. The van der Waals surface area contributed by atoms with Gasteiger partial charge in [0.2, 0.25) is 23.6 Å². The van der Waals surface area contributed by atoms with Crippen LogP contribution in [0.3, 0.4) is 0 Å². The van der Waals surface area contributed by atoms with Crippen molar-refractivity contribution in [1.82, 2.24) is 25.9 Å². The molecule has 0 saturated heterocycles. The maximum Gasteiger partial charge on any atom is 0.326 e. The summed E-state index contributed by atoms with van der Waals surface area (Å²) in [6, 6.07) is -4.41. The number of aromatic nitrogens is 2. The first-order chi connectivity index (χ1) is 16.4. The first-order valence-corrected chi connectivity index (χ1v) is 11.5. The van der Waals surface area contributed by atoms with Crippen LogP contribution >= 0.6 is 0 Å². The Hall–Kier alpha value is -3.48. The van der Waals surface area contributed by atoms with E-state index in [4.69, 9.17) is 11.5 Å². The summed E-state index contributed by atoms with van der Waals surface area (Å²) in [5.74, 6) is -4.42. The minimum absolute atomic E-state index is 0.0732. The smallest absolute Gasteiger partial charge is 0.326 e. The van der Waals surface area contributed by atoms with Gasteiger partial charge in [0.05, 0.1) is 12.4 Å². The number of hydrogen-bond acceptors (Lipinski definition) is 7. The third kappa shape index (κ3) is 9.73. The highest BCUT2D eigenvalue weighted by molar-refractivity contribution is 5.94. The summed E-state index contributed by atoms with van der Waals surface area (Å²) >= 11 is 0. The summed E-state index contributed by atoms with van der Waals surface area (Å²) in [6.45, 7) is 7.14. The predicted molar refractivity (Wildman–Crippen MR) is 126 cm³/mol. The van der Waals surface area contributed by atoms with E-state index in [9.17, 15) is 29.1 Å². The Morgan fingerprint density at radius 3 is 2.14 bits per heavy atom. The van der Waals surface area contributed by atoms with Crippen LogP contribution < -0.4 is 27.4 Å². The molecule has 1 heterocycles. The summed E-state index contributed by atoms with van der Waals surface area (Å²) in [5.41, 5.74) is 11.6. The molecular weight excluding hydrogens is 458 g/mol. The van der Waals surface area contributed by atoms with Gasteiger partial charge in [0.15, 0.2) is 0 Å². The molecule has 9 N–H and O–H groups in total. The Morgan fingerprint density at radius 2 is 1.66 bits per heavy atom. The van der Waals surface area contributed by atoms with Crippen LogP contribution in [-0.4, -0.2) is 68.8 Å². The molecule has 1 aromatic heterocycles. The van der Waals surface area contributed by atoms with Gasteiger partial charge >= 0.3 is 5.97 Å². The van der Waals surface area contributed by atoms with Gasteiger partial charge in [0.1, 0.15) is 18.1 Å². The molecule has 0 aromatic carbocycles. The number of aliphatic carboxylic acids is 1. The average Bonchev–Trinajstić information content (AvgIpc) is 3.31. The fraction of sp³-hybridized carbons (Fsp3) is 0.636. The van der Waals surface area contributed by atoms with Crippen molar-refractivity contribution in [2.45, 2.75) is 77.5 Å². The number of H-pyrrole nitrogens is 1. The van der Waals surface area contributed by atoms with E-state index < -0.39 is 53.8 Å². The molecule has 0 spiro atoms. The zero-order chi connectivity index (χ0) is 26.7. The van der Waals surface area contributed by atoms with E-state index in [1.54, 1.807) is 20.8 Å². The average molecular weight is 496 g/mol. The number of primary amides is 1. The standard InChI is InChI=1S/C22H37N7O6/c1-5-12(4)18(29-20(32)17(24)11(2)3)21(33)27-14(6-7-16(23)30)19(31)28-15(22(34)35)8-13-9-25-10-26-13/h9-12,14-15,17-18H,5-8,24H2,1-4H3,(H2,23,30)(H,25,26)(H,27,33)(H,28,31)(H,29,32)(H,34,35). The van der Waals surface area contributed by atoms with E-state index in [0.29, 0.717) is 12.1 Å². The molecule has 35 heavy (non-hydrogen) atoms. The normalized spacial score (nSPS) is 15.4. The summed E-state index contributed by atoms with van der Waals surface area (Å²) in [4.78, 5) is 68.1. The summed E-state index contributed by atoms with van der Waals surface area (Å²) in [5, 5.41) is 17.1. The molecule has 13 nitrogen and oxygen atoms in total. The van der Waals surface area contributed by atoms with Crippen LogP contribution in [-0.2, 0) is 30.4 Å². The van der Waals surface area contributed by atoms with E-state index in [0.717, 1.165) is 0 Å². The maximum absolute atomic E-state index is 13.1. The molecule has 0 fully saturated rings. The Bertz CT molecular complexity index is 874. The molecule has 0 radical (unpaired) electrons. The molecule has 5 unspecified atom stereocenters. The van der Waals surface area contributed by atoms with Crippen molar-refractivity contribution in [2.75, 3.05) is 0 Å². The third-order valence-electron chi connectivity index (χ3n) is 5.72. The maximum atomic E-state index is 13.1. The molecule has 0 aliphatic carbocycles. The minimum atomic E-state index is -1.31. The van der Waals surface area contributed by atoms with Gasteiger partial charge in [0, 0.05) is 24.7 Å². The largest absolute Gasteiger partial charge is 0.480 e. The monoisotopic (exact) mass is 495 g/mol. The second-order valence-electron chi connectivity index (χ2n) is 8.89. The fourth-order valence-corrected chi connectivity index (χ4v) is 3.16. The molecule has 196 valence electrons. The number of nitrogens with one attached hydrogen (secondary N) is 4. The number of carboxylic acids is 1. The SMILES string of the molecule is CCC(C)C(NC(=O)C(N)C(C)C)C(=O)NC(CCC(N)=O)C(=O)NC(Cc1cnc[nH]1)C(=O)O. The van der Waals surface area contributed by atoms with Crippen LogP contribution in [0.2, 0.25) is 0 Å². The number of carbonyl (C=O) groups excluding carboxylic acids is 4. The van der Waals surface area contributed by atoms with Crippen LogP contribution in [0.15, 0.2) is 12.5 Å². The van der Waals surface area contributed by atoms with Gasteiger partial charge in [-0.25, -0.2) is 9.78 Å². The minimum Gasteiger partial charge on any atom is -0.480 e. The van der Waals surface area contributed by atoms with Crippen molar-refractivity contribution in [3.8, 4) is 0 Å². The third-order valence-corrected chi connectivity index (χ3v) is 5.72. The molecule has 1 rings (SSSR count). The number of nitrogens with zero attached hydrogens (tertiary/aromatic N) is 1. The van der Waals surface area contributed by atoms with Crippen molar-refractivity contribution in [3.63, 3.8) is 0 Å². The topological polar surface area (TPSA) is 222 Å². The van der Waals surface area contributed by atoms with Crippen LogP contribution in [0, 0.1) is 11.8 Å². The van der Waals surface area contributed by atoms with E-state index in [-0.39, 0.29) is 31.1 Å². The second kappa shape index (κ2) is 14.0. The molecule has 5 atom stereocenters. The first kappa shape index (κ1) is 29.6. The van der Waals surface area contributed by atoms with Crippen molar-refractivity contribution < 1.29 is 29.1 Å². The molecule has 0 bridgehead atoms. The number of rotatable bonds is 15. The molecule has 13 heteroatoms. The van der Waals surface area contributed by atoms with Crippen LogP contribution in [0.4, 0.5) is 0 Å². The predicted octanol–water partition coefficient (Wildman–Crippen LogP) is -1.21. The van der Waals surface area contributed by atoms with Crippen molar-refractivity contribution >= 4 is 29.6 Å². The Kier molecular flexibility index (Phi) is 11.9. The quantitative estimate of drug-likeness (QED) is 0.156. The lowest BCUT2D eigenvalue weighted by atomic mass is 9.96. The van der Waals surface area contributed by atoms with Crippen LogP contribution in [0.5, 0.6) is 0 Å². The number of imidazole rings is 1. The van der Waals surface area contributed by atoms with Gasteiger partial charge in [0.25, 0.3) is 0 Å². The Labute approximate surface area is 204 Å². The number of hydrogen-bond donors (Lipinski definition) is 7. The highest BCUT2D eigenvalue weighted by atomic mass is 16.4. The molecule has 0 saturated carbocycles. The fourth-order valence-electron chi connectivity index (χ4n) is 3.16. The summed E-state index contributed by atoms with van der Waals surface area (Å²) in [6.07, 6.45) is 2.89. The second-order valence-corrected chi connectivity index (χ2v) is 8.89. The van der Waals surface area contributed by atoms with Crippen molar-refractivity contribution in [3.05, 3.63) is 18.2 Å². The number of nitrogens with two attached hydrogens (primary N) is 2. The number of aromatic amines is 1. The first-order valence-electron chi connectivity index (χ1n) is 11.5. The van der Waals surface area contributed by atoms with Gasteiger partial charge in [-0.05, 0) is 18.3 Å². The highest BCUT2D eigenvalue weighted by Crippen LogP contribution is 2.11. The zero-order valence-electron chi connectivity index (χ0n) is 20.5. The van der Waals surface area contributed by atoms with Gasteiger partial charge in [-0.15, -0.1) is 0 Å². The molecule has 4 amide bonds. The highest BCUT2D eigenvalue weighted by Gasteiger charge is 2.33. The lowest BCUT2D eigenvalue weighted by Gasteiger charge is -2.28. The zero-order valence-corrected chi connectivity index (χ0v) is 20.5. The van der Waals surface area contributed by atoms with E-state index in [1.807, 2.05) is 6.92 Å². The number of carbonyl (C=O) groups is 5. The van der Waals surface area contributed by atoms with Crippen LogP contribution in [0.25, 0.3) is 0 Å². The van der Waals surface area contributed by atoms with Gasteiger partial charge in [-0.1, -0.05) is 34.1 Å². The molecule has 0 aliphatic rings. The Balaban J connectivity index is 3.04. The van der Waals surface area contributed by atoms with E-state index in [1.165, 1.54) is 12.5 Å². The van der Waals surface area contributed by atoms with E-state index >= 15 is 0 Å². The molecular formula is C22H37N7O6. The lowest BCUT2D eigenvalue weighted by Crippen LogP contribution is -2.59. The Morgan fingerprint density at radius 1 is 1.03 bits per heavy atom. The number of amides is 4. The number of carboxylic acid groups (broad SMARTS) is 1. The van der Waals surface area contributed by atoms with Gasteiger partial charge in [-0.2, -0.15) is 0 Å². The summed E-state index contributed by atoms with van der Waals surface area (Å²) in [7, 11) is 0.